The zero-order chi connectivity index (χ0) is 11.7. The molecule has 0 fully saturated rings. The van der Waals surface area contributed by atoms with Crippen molar-refractivity contribution in [2.75, 3.05) is 17.7 Å². The maximum atomic E-state index is 6.02. The third-order valence-electron chi connectivity index (χ3n) is 2.49. The first-order valence-electron chi connectivity index (χ1n) is 4.92. The minimum absolute atomic E-state index is 0.812. The van der Waals surface area contributed by atoms with Gasteiger partial charge in [-0.1, -0.05) is 12.1 Å². The van der Waals surface area contributed by atoms with Gasteiger partial charge in [-0.3, -0.25) is 0 Å². The lowest BCUT2D eigenvalue weighted by atomic mass is 10.1. The van der Waals surface area contributed by atoms with Gasteiger partial charge < -0.3 is 10.6 Å². The highest BCUT2D eigenvalue weighted by Crippen LogP contribution is 2.36. The minimum Gasteiger partial charge on any atom is -0.397 e. The number of halogens is 1. The first-order chi connectivity index (χ1) is 7.59. The van der Waals surface area contributed by atoms with Crippen molar-refractivity contribution in [2.45, 2.75) is 6.92 Å². The molecule has 0 saturated heterocycles. The number of hydrogen-bond acceptors (Lipinski definition) is 3. The van der Waals surface area contributed by atoms with E-state index >= 15 is 0 Å². The molecule has 0 atom stereocenters. The van der Waals surface area contributed by atoms with Crippen LogP contribution in [0.25, 0.3) is 0 Å². The van der Waals surface area contributed by atoms with Gasteiger partial charge in [0.2, 0.25) is 0 Å². The molecule has 2 rings (SSSR count). The third-order valence-corrected chi connectivity index (χ3v) is 4.25. The van der Waals surface area contributed by atoms with Gasteiger partial charge >= 0.3 is 0 Å². The minimum atomic E-state index is 0.812. The van der Waals surface area contributed by atoms with Gasteiger partial charge in [0.05, 0.1) is 16.4 Å². The van der Waals surface area contributed by atoms with E-state index < -0.39 is 0 Å². The van der Waals surface area contributed by atoms with Crippen molar-refractivity contribution in [3.05, 3.63) is 39.7 Å². The van der Waals surface area contributed by atoms with Crippen LogP contribution in [0.1, 0.15) is 5.56 Å². The van der Waals surface area contributed by atoms with Crippen LogP contribution in [0.5, 0.6) is 0 Å². The molecule has 0 aliphatic rings. The largest absolute Gasteiger partial charge is 0.397 e. The predicted octanol–water partition coefficient (Wildman–Crippen LogP) is 4.17. The van der Waals surface area contributed by atoms with Crippen molar-refractivity contribution in [1.29, 1.82) is 0 Å². The summed E-state index contributed by atoms with van der Waals surface area (Å²) in [7, 11) is 2.04. The highest BCUT2D eigenvalue weighted by atomic mass is 79.9. The number of hydrogen-bond donors (Lipinski definition) is 1. The Hall–Kier alpha value is -1.000. The van der Waals surface area contributed by atoms with Crippen LogP contribution >= 0.6 is 27.3 Å². The number of nitrogens with two attached hydrogens (primary N) is 1. The van der Waals surface area contributed by atoms with Gasteiger partial charge in [-0.25, -0.2) is 0 Å². The van der Waals surface area contributed by atoms with E-state index in [1.807, 2.05) is 19.2 Å². The fourth-order valence-corrected chi connectivity index (χ4v) is 3.12. The van der Waals surface area contributed by atoms with Gasteiger partial charge in [0, 0.05) is 16.9 Å². The molecule has 0 saturated carbocycles. The molecular weight excluding hydrogens is 284 g/mol. The van der Waals surface area contributed by atoms with Gasteiger partial charge in [0.25, 0.3) is 0 Å². The molecule has 0 aliphatic carbocycles. The molecule has 0 spiro atoms. The van der Waals surface area contributed by atoms with Crippen LogP contribution in [0, 0.1) is 6.92 Å². The van der Waals surface area contributed by atoms with Crippen molar-refractivity contribution in [3.8, 4) is 0 Å². The lowest BCUT2D eigenvalue weighted by molar-refractivity contribution is 1.21. The molecule has 2 N–H and O–H groups in total. The lowest BCUT2D eigenvalue weighted by Gasteiger charge is -2.21. The summed E-state index contributed by atoms with van der Waals surface area (Å²) in [5.41, 5.74) is 9.10. The van der Waals surface area contributed by atoms with Crippen molar-refractivity contribution in [1.82, 2.24) is 0 Å². The van der Waals surface area contributed by atoms with Gasteiger partial charge in [-0.05, 0) is 40.5 Å². The van der Waals surface area contributed by atoms with Crippen molar-refractivity contribution >= 4 is 43.6 Å². The molecule has 84 valence electrons. The molecule has 1 heterocycles. The molecule has 16 heavy (non-hydrogen) atoms. The van der Waals surface area contributed by atoms with E-state index in [-0.39, 0.29) is 0 Å². The Morgan fingerprint density at radius 2 is 2.12 bits per heavy atom. The van der Waals surface area contributed by atoms with Crippen molar-refractivity contribution < 1.29 is 0 Å². The van der Waals surface area contributed by atoms with Crippen LogP contribution in [0.4, 0.5) is 16.4 Å². The summed E-state index contributed by atoms with van der Waals surface area (Å²) in [6.45, 7) is 2.07. The first-order valence-corrected chi connectivity index (χ1v) is 6.59. The maximum Gasteiger partial charge on any atom is 0.0962 e. The normalized spacial score (nSPS) is 10.4. The number of para-hydroxylation sites is 1. The van der Waals surface area contributed by atoms with Gasteiger partial charge in [0.1, 0.15) is 0 Å². The van der Waals surface area contributed by atoms with E-state index in [0.717, 1.165) is 15.8 Å². The summed E-state index contributed by atoms with van der Waals surface area (Å²) < 4.78 is 1.10. The molecule has 1 aromatic heterocycles. The van der Waals surface area contributed by atoms with E-state index in [9.17, 15) is 0 Å². The number of anilines is 3. The molecule has 0 radical (unpaired) electrons. The number of nitrogens with zero attached hydrogens (tertiary/aromatic N) is 1. The second-order valence-corrected chi connectivity index (χ2v) is 5.48. The number of rotatable bonds is 2. The number of benzene rings is 1. The standard InChI is InChI=1S/C12H13BrN2S/c1-8-4-3-5-10(14)12(8)15(2)11-6-9(13)7-16-11/h3-7H,14H2,1-2H3. The molecule has 0 aliphatic heterocycles. The summed E-state index contributed by atoms with van der Waals surface area (Å²) in [6.07, 6.45) is 0. The van der Waals surface area contributed by atoms with E-state index in [4.69, 9.17) is 5.73 Å². The van der Waals surface area contributed by atoms with Crippen LogP contribution in [0.3, 0.4) is 0 Å². The van der Waals surface area contributed by atoms with Crippen LogP contribution in [-0.4, -0.2) is 7.05 Å². The number of aryl methyl sites for hydroxylation is 1. The lowest BCUT2D eigenvalue weighted by Crippen LogP contribution is -2.11. The molecule has 1 aromatic carbocycles. The highest BCUT2D eigenvalue weighted by molar-refractivity contribution is 9.10. The number of thiophene rings is 1. The fourth-order valence-electron chi connectivity index (χ4n) is 1.73. The molecule has 2 aromatic rings. The highest BCUT2D eigenvalue weighted by Gasteiger charge is 2.11. The Labute approximate surface area is 108 Å². The Bertz CT molecular complexity index is 487. The Balaban J connectivity index is 2.45. The Kier molecular flexibility index (Phi) is 3.21. The monoisotopic (exact) mass is 296 g/mol. The van der Waals surface area contributed by atoms with Crippen LogP contribution in [0.2, 0.25) is 0 Å². The van der Waals surface area contributed by atoms with Gasteiger partial charge in [-0.15, -0.1) is 11.3 Å². The zero-order valence-corrected chi connectivity index (χ0v) is 11.6. The van der Waals surface area contributed by atoms with E-state index in [1.54, 1.807) is 11.3 Å². The summed E-state index contributed by atoms with van der Waals surface area (Å²) in [4.78, 5) is 2.13. The van der Waals surface area contributed by atoms with Crippen LogP contribution in [-0.2, 0) is 0 Å². The Morgan fingerprint density at radius 1 is 1.38 bits per heavy atom. The molecule has 0 amide bonds. The maximum absolute atomic E-state index is 6.02. The quantitative estimate of drug-likeness (QED) is 0.843. The van der Waals surface area contributed by atoms with Crippen LogP contribution < -0.4 is 10.6 Å². The van der Waals surface area contributed by atoms with E-state index in [1.165, 1.54) is 10.6 Å². The SMILES string of the molecule is Cc1cccc(N)c1N(C)c1cc(Br)cs1. The first kappa shape index (κ1) is 11.5. The molecule has 2 nitrogen and oxygen atoms in total. The smallest absolute Gasteiger partial charge is 0.0962 e. The molecule has 4 heteroatoms. The second-order valence-electron chi connectivity index (χ2n) is 3.67. The van der Waals surface area contributed by atoms with E-state index in [0.29, 0.717) is 0 Å². The average Bonchev–Trinajstić information content (AvgIpc) is 2.64. The second kappa shape index (κ2) is 4.47. The summed E-state index contributed by atoms with van der Waals surface area (Å²) in [5.74, 6) is 0. The Morgan fingerprint density at radius 3 is 2.69 bits per heavy atom. The summed E-state index contributed by atoms with van der Waals surface area (Å²) in [5, 5.41) is 3.24. The summed E-state index contributed by atoms with van der Waals surface area (Å²) >= 11 is 5.16. The average molecular weight is 297 g/mol. The zero-order valence-electron chi connectivity index (χ0n) is 9.20. The van der Waals surface area contributed by atoms with E-state index in [2.05, 4.69) is 45.3 Å². The van der Waals surface area contributed by atoms with Crippen LogP contribution in [0.15, 0.2) is 34.1 Å². The predicted molar refractivity (Wildman–Crippen MR) is 75.7 cm³/mol. The molecule has 0 unspecified atom stereocenters. The summed E-state index contributed by atoms with van der Waals surface area (Å²) in [6, 6.07) is 8.08. The van der Waals surface area contributed by atoms with Crippen molar-refractivity contribution in [2.24, 2.45) is 0 Å². The van der Waals surface area contributed by atoms with Gasteiger partial charge in [0.15, 0.2) is 0 Å². The molecule has 0 bridgehead atoms. The fraction of sp³-hybridized carbons (Fsp3) is 0.167. The topological polar surface area (TPSA) is 29.3 Å². The van der Waals surface area contributed by atoms with Gasteiger partial charge in [-0.2, -0.15) is 0 Å². The third kappa shape index (κ3) is 2.08. The molecular formula is C12H13BrN2S. The van der Waals surface area contributed by atoms with Crippen molar-refractivity contribution in [3.63, 3.8) is 0 Å². The number of nitrogen functional groups attached to an aromatic ring is 1.